The van der Waals surface area contributed by atoms with Gasteiger partial charge in [0.2, 0.25) is 0 Å². The summed E-state index contributed by atoms with van der Waals surface area (Å²) in [5, 5.41) is 6.95. The lowest BCUT2D eigenvalue weighted by Crippen LogP contribution is -2.10. The van der Waals surface area contributed by atoms with Crippen LogP contribution in [-0.4, -0.2) is 14.8 Å². The highest BCUT2D eigenvalue weighted by atomic mass is 35.5. The van der Waals surface area contributed by atoms with E-state index in [1.807, 2.05) is 6.92 Å². The van der Waals surface area contributed by atoms with Gasteiger partial charge in [0, 0.05) is 7.05 Å². The second-order valence-electron chi connectivity index (χ2n) is 3.78. The zero-order valence-electron chi connectivity index (χ0n) is 9.78. The van der Waals surface area contributed by atoms with Crippen LogP contribution in [0.4, 0.5) is 4.39 Å². The first-order chi connectivity index (χ1) is 8.49. The third-order valence-corrected chi connectivity index (χ3v) is 3.14. The normalized spacial score (nSPS) is 12.4. The Morgan fingerprint density at radius 3 is 2.83 bits per heavy atom. The van der Waals surface area contributed by atoms with Gasteiger partial charge in [-0.1, -0.05) is 11.6 Å². The van der Waals surface area contributed by atoms with Crippen LogP contribution in [0.15, 0.2) is 18.2 Å². The maximum absolute atomic E-state index is 12.9. The number of ether oxygens (including phenoxy) is 1. The minimum atomic E-state index is -0.404. The van der Waals surface area contributed by atoms with E-state index in [0.717, 1.165) is 0 Å². The van der Waals surface area contributed by atoms with E-state index in [4.69, 9.17) is 28.6 Å². The molecule has 0 aliphatic heterocycles. The van der Waals surface area contributed by atoms with Crippen molar-refractivity contribution in [3.63, 3.8) is 0 Å². The maximum Gasteiger partial charge on any atom is 0.195 e. The molecule has 96 valence electrons. The molecule has 1 aromatic heterocycles. The second kappa shape index (κ2) is 5.07. The smallest absolute Gasteiger partial charge is 0.195 e. The van der Waals surface area contributed by atoms with Gasteiger partial charge in [-0.05, 0) is 37.3 Å². The zero-order valence-corrected chi connectivity index (χ0v) is 11.3. The van der Waals surface area contributed by atoms with Crippen LogP contribution in [0.5, 0.6) is 5.75 Å². The van der Waals surface area contributed by atoms with E-state index in [2.05, 4.69) is 10.2 Å². The Morgan fingerprint density at radius 1 is 1.56 bits per heavy atom. The van der Waals surface area contributed by atoms with Gasteiger partial charge in [-0.15, -0.1) is 0 Å². The summed E-state index contributed by atoms with van der Waals surface area (Å²) in [7, 11) is 1.79. The summed E-state index contributed by atoms with van der Waals surface area (Å²) in [5.74, 6) is 0.637. The molecule has 0 spiro atoms. The van der Waals surface area contributed by atoms with Gasteiger partial charge in [0.25, 0.3) is 0 Å². The van der Waals surface area contributed by atoms with E-state index >= 15 is 0 Å². The molecular formula is C11H11ClFN3OS. The van der Waals surface area contributed by atoms with Crippen molar-refractivity contribution in [1.82, 2.24) is 14.8 Å². The predicted molar refractivity (Wildman–Crippen MR) is 68.8 cm³/mol. The van der Waals surface area contributed by atoms with Gasteiger partial charge >= 0.3 is 0 Å². The summed E-state index contributed by atoms with van der Waals surface area (Å²) in [6.45, 7) is 1.81. The van der Waals surface area contributed by atoms with Crippen molar-refractivity contribution in [1.29, 1.82) is 0 Å². The largest absolute Gasteiger partial charge is 0.481 e. The predicted octanol–water partition coefficient (Wildman–Crippen LogP) is 3.41. The molecule has 2 rings (SSSR count). The van der Waals surface area contributed by atoms with Gasteiger partial charge in [0.1, 0.15) is 11.6 Å². The van der Waals surface area contributed by atoms with Crippen molar-refractivity contribution in [2.24, 2.45) is 7.05 Å². The molecule has 0 saturated carbocycles. The van der Waals surface area contributed by atoms with Crippen LogP contribution in [0.1, 0.15) is 18.9 Å². The zero-order chi connectivity index (χ0) is 13.3. The summed E-state index contributed by atoms with van der Waals surface area (Å²) in [6.07, 6.45) is -0.356. The SMILES string of the molecule is C[C@H](Oc1ccc(F)cc1Cl)c1n[nH]c(=S)n1C. The molecule has 0 unspecified atom stereocenters. The lowest BCUT2D eigenvalue weighted by molar-refractivity contribution is 0.212. The van der Waals surface area contributed by atoms with Crippen molar-refractivity contribution in [3.05, 3.63) is 39.6 Å². The molecule has 0 saturated heterocycles. The summed E-state index contributed by atoms with van der Waals surface area (Å²) in [4.78, 5) is 0. The Morgan fingerprint density at radius 2 is 2.28 bits per heavy atom. The third-order valence-electron chi connectivity index (χ3n) is 2.48. The Hall–Kier alpha value is -1.40. The highest BCUT2D eigenvalue weighted by Crippen LogP contribution is 2.28. The van der Waals surface area contributed by atoms with Gasteiger partial charge < -0.3 is 9.30 Å². The summed E-state index contributed by atoms with van der Waals surface area (Å²) in [5.41, 5.74) is 0. The molecule has 0 bridgehead atoms. The fourth-order valence-electron chi connectivity index (χ4n) is 1.54. The van der Waals surface area contributed by atoms with E-state index in [-0.39, 0.29) is 11.1 Å². The maximum atomic E-state index is 12.9. The van der Waals surface area contributed by atoms with Crippen LogP contribution < -0.4 is 4.74 Å². The summed E-state index contributed by atoms with van der Waals surface area (Å²) in [6, 6.07) is 3.97. The Bertz CT molecular complexity index is 625. The van der Waals surface area contributed by atoms with Crippen molar-refractivity contribution in [3.8, 4) is 5.75 Å². The van der Waals surface area contributed by atoms with Crippen LogP contribution in [0.3, 0.4) is 0 Å². The summed E-state index contributed by atoms with van der Waals surface area (Å²) >= 11 is 10.9. The van der Waals surface area contributed by atoms with Crippen LogP contribution >= 0.6 is 23.8 Å². The Kier molecular flexibility index (Phi) is 3.68. The number of halogens is 2. The minimum Gasteiger partial charge on any atom is -0.481 e. The van der Waals surface area contributed by atoms with E-state index < -0.39 is 5.82 Å². The molecule has 1 aromatic carbocycles. The topological polar surface area (TPSA) is 42.8 Å². The summed E-state index contributed by atoms with van der Waals surface area (Å²) < 4.78 is 20.7. The van der Waals surface area contributed by atoms with Crippen LogP contribution in [0.2, 0.25) is 5.02 Å². The highest BCUT2D eigenvalue weighted by molar-refractivity contribution is 7.71. The van der Waals surface area contributed by atoms with E-state index in [1.54, 1.807) is 11.6 Å². The number of hydrogen-bond acceptors (Lipinski definition) is 3. The number of rotatable bonds is 3. The van der Waals surface area contributed by atoms with Crippen molar-refractivity contribution < 1.29 is 9.13 Å². The van der Waals surface area contributed by atoms with Crippen LogP contribution in [0.25, 0.3) is 0 Å². The standard InChI is InChI=1S/C11H11ClFN3OS/c1-6(10-14-15-11(18)16(10)2)17-9-4-3-7(13)5-8(9)12/h3-6H,1-2H3,(H,15,18)/t6-/m0/s1. The number of nitrogens with one attached hydrogen (secondary N) is 1. The van der Waals surface area contributed by atoms with Gasteiger partial charge in [-0.2, -0.15) is 5.10 Å². The molecule has 1 heterocycles. The molecule has 0 aliphatic rings. The van der Waals surface area contributed by atoms with Crippen molar-refractivity contribution in [2.75, 3.05) is 0 Å². The second-order valence-corrected chi connectivity index (χ2v) is 4.57. The molecule has 0 amide bonds. The molecule has 18 heavy (non-hydrogen) atoms. The number of benzene rings is 1. The van der Waals surface area contributed by atoms with E-state index in [9.17, 15) is 4.39 Å². The number of nitrogens with zero attached hydrogens (tertiary/aromatic N) is 2. The Balaban J connectivity index is 2.24. The van der Waals surface area contributed by atoms with E-state index in [1.165, 1.54) is 18.2 Å². The molecule has 0 radical (unpaired) electrons. The van der Waals surface area contributed by atoms with Crippen LogP contribution in [0, 0.1) is 10.6 Å². The molecule has 0 fully saturated rings. The lowest BCUT2D eigenvalue weighted by Gasteiger charge is -2.14. The third kappa shape index (κ3) is 2.54. The number of hydrogen-bond donors (Lipinski definition) is 1. The first-order valence-electron chi connectivity index (χ1n) is 5.22. The average molecular weight is 288 g/mol. The highest BCUT2D eigenvalue weighted by Gasteiger charge is 2.15. The van der Waals surface area contributed by atoms with E-state index in [0.29, 0.717) is 16.3 Å². The lowest BCUT2D eigenvalue weighted by atomic mass is 10.3. The molecule has 2 aromatic rings. The molecule has 7 heteroatoms. The fraction of sp³-hybridized carbons (Fsp3) is 0.273. The number of aromatic amines is 1. The fourth-order valence-corrected chi connectivity index (χ4v) is 1.89. The van der Waals surface area contributed by atoms with Crippen LogP contribution in [-0.2, 0) is 7.05 Å². The first kappa shape index (κ1) is 13.0. The molecule has 4 nitrogen and oxygen atoms in total. The average Bonchev–Trinajstić information content (AvgIpc) is 2.64. The monoisotopic (exact) mass is 287 g/mol. The molecule has 1 atom stereocenters. The van der Waals surface area contributed by atoms with Gasteiger partial charge in [-0.3, -0.25) is 5.10 Å². The van der Waals surface area contributed by atoms with Crippen molar-refractivity contribution >= 4 is 23.8 Å². The minimum absolute atomic E-state index is 0.221. The van der Waals surface area contributed by atoms with Gasteiger partial charge in [-0.25, -0.2) is 4.39 Å². The number of H-pyrrole nitrogens is 1. The molecule has 0 aliphatic carbocycles. The van der Waals surface area contributed by atoms with Gasteiger partial charge in [0.05, 0.1) is 5.02 Å². The Labute approximate surface area is 113 Å². The van der Waals surface area contributed by atoms with Gasteiger partial charge in [0.15, 0.2) is 16.7 Å². The first-order valence-corrected chi connectivity index (χ1v) is 6.00. The quantitative estimate of drug-likeness (QED) is 0.880. The molecule has 1 N–H and O–H groups in total. The number of aromatic nitrogens is 3. The molecular weight excluding hydrogens is 277 g/mol. The van der Waals surface area contributed by atoms with Crippen molar-refractivity contribution in [2.45, 2.75) is 13.0 Å².